The third-order valence-electron chi connectivity index (χ3n) is 6.23. The van der Waals surface area contributed by atoms with Crippen LogP contribution in [0.1, 0.15) is 75.1 Å². The number of para-hydroxylation sites is 1. The number of aryl methyl sites for hydroxylation is 1. The molecule has 1 unspecified atom stereocenters. The number of benzene rings is 2. The molecule has 178 valence electrons. The molecule has 0 aliphatic carbocycles. The Labute approximate surface area is 198 Å². The zero-order valence-electron chi connectivity index (χ0n) is 20.1. The highest BCUT2D eigenvalue weighted by molar-refractivity contribution is 5.79. The molecule has 5 nitrogen and oxygen atoms in total. The Hall–Kier alpha value is -2.82. The Kier molecular flexibility index (Phi) is 9.79. The Balaban J connectivity index is 1.61. The molecule has 5 heteroatoms. The van der Waals surface area contributed by atoms with Gasteiger partial charge in [-0.1, -0.05) is 55.8 Å². The van der Waals surface area contributed by atoms with Crippen LogP contribution < -0.4 is 10.2 Å². The Bertz CT molecular complexity index is 888. The molecule has 2 aromatic rings. The Morgan fingerprint density at radius 2 is 1.67 bits per heavy atom. The number of hydrogen-bond acceptors (Lipinski definition) is 4. The fourth-order valence-corrected chi connectivity index (χ4v) is 4.53. The van der Waals surface area contributed by atoms with Gasteiger partial charge in [0.25, 0.3) is 0 Å². The van der Waals surface area contributed by atoms with Crippen molar-refractivity contribution in [3.8, 4) is 0 Å². The smallest absolute Gasteiger partial charge is 0.306 e. The van der Waals surface area contributed by atoms with Crippen molar-refractivity contribution in [1.29, 1.82) is 0 Å². The quantitative estimate of drug-likeness (QED) is 0.468. The van der Waals surface area contributed by atoms with Crippen LogP contribution in [0.3, 0.4) is 0 Å². The topological polar surface area (TPSA) is 58.6 Å². The van der Waals surface area contributed by atoms with Crippen molar-refractivity contribution < 1.29 is 14.3 Å². The van der Waals surface area contributed by atoms with E-state index in [0.29, 0.717) is 25.9 Å². The fraction of sp³-hybridized carbons (Fsp3) is 0.500. The molecule has 1 aliphatic heterocycles. The van der Waals surface area contributed by atoms with Crippen LogP contribution in [0.25, 0.3) is 0 Å². The first-order chi connectivity index (χ1) is 16.1. The molecule has 1 fully saturated rings. The van der Waals surface area contributed by atoms with Crippen LogP contribution in [0, 0.1) is 0 Å². The number of nitrogens with one attached hydrogen (secondary N) is 1. The summed E-state index contributed by atoms with van der Waals surface area (Å²) in [5.74, 6) is -0.131. The summed E-state index contributed by atoms with van der Waals surface area (Å²) in [6.07, 6.45) is 7.07. The van der Waals surface area contributed by atoms with Gasteiger partial charge in [0.1, 0.15) is 0 Å². The van der Waals surface area contributed by atoms with Gasteiger partial charge in [0.05, 0.1) is 19.1 Å². The number of hydrogen-bond donors (Lipinski definition) is 1. The van der Waals surface area contributed by atoms with Crippen molar-refractivity contribution >= 4 is 17.6 Å². The van der Waals surface area contributed by atoms with E-state index >= 15 is 0 Å². The van der Waals surface area contributed by atoms with E-state index in [9.17, 15) is 9.59 Å². The summed E-state index contributed by atoms with van der Waals surface area (Å²) >= 11 is 0. The number of piperidine rings is 1. The number of anilines is 1. The molecule has 1 saturated heterocycles. The molecule has 3 rings (SSSR count). The predicted octanol–water partition coefficient (Wildman–Crippen LogP) is 5.37. The fourth-order valence-electron chi connectivity index (χ4n) is 4.53. The highest BCUT2D eigenvalue weighted by atomic mass is 16.5. The summed E-state index contributed by atoms with van der Waals surface area (Å²) in [4.78, 5) is 27.0. The van der Waals surface area contributed by atoms with Gasteiger partial charge in [-0.15, -0.1) is 0 Å². The predicted molar refractivity (Wildman–Crippen MR) is 133 cm³/mol. The minimum absolute atomic E-state index is 0.0180. The number of esters is 1. The van der Waals surface area contributed by atoms with E-state index in [4.69, 9.17) is 4.74 Å². The molecule has 0 aromatic heterocycles. The molecule has 1 heterocycles. The van der Waals surface area contributed by atoms with Crippen molar-refractivity contribution in [2.45, 2.75) is 71.3 Å². The maximum atomic E-state index is 12.9. The molecule has 1 aliphatic rings. The molecule has 1 amide bonds. The second kappa shape index (κ2) is 13.0. The van der Waals surface area contributed by atoms with Crippen LogP contribution in [-0.4, -0.2) is 31.6 Å². The SMILES string of the molecule is CCCC(NC(=O)Cc1ccc(CCC(=O)OCC)cc1)c1ccccc1N1CCCCC1. The normalized spacial score (nSPS) is 14.5. The molecular weight excluding hydrogens is 412 g/mol. The number of carbonyl (C=O) groups is 2. The maximum absolute atomic E-state index is 12.9. The minimum Gasteiger partial charge on any atom is -0.466 e. The van der Waals surface area contributed by atoms with Gasteiger partial charge >= 0.3 is 5.97 Å². The van der Waals surface area contributed by atoms with E-state index < -0.39 is 0 Å². The molecule has 33 heavy (non-hydrogen) atoms. The lowest BCUT2D eigenvalue weighted by Crippen LogP contribution is -2.34. The van der Waals surface area contributed by atoms with Gasteiger partial charge in [-0.25, -0.2) is 0 Å². The van der Waals surface area contributed by atoms with Crippen molar-refractivity contribution in [2.24, 2.45) is 0 Å². The third kappa shape index (κ3) is 7.62. The lowest BCUT2D eigenvalue weighted by Gasteiger charge is -2.32. The van der Waals surface area contributed by atoms with E-state index in [1.54, 1.807) is 0 Å². The van der Waals surface area contributed by atoms with Crippen LogP contribution in [0.4, 0.5) is 5.69 Å². The first-order valence-corrected chi connectivity index (χ1v) is 12.5. The summed E-state index contributed by atoms with van der Waals surface area (Å²) in [6, 6.07) is 16.5. The van der Waals surface area contributed by atoms with E-state index in [1.165, 1.54) is 30.5 Å². The number of rotatable bonds is 11. The van der Waals surface area contributed by atoms with E-state index in [-0.39, 0.29) is 17.9 Å². The number of amides is 1. The number of carbonyl (C=O) groups excluding carboxylic acids is 2. The number of nitrogens with zero attached hydrogens (tertiary/aromatic N) is 1. The first kappa shape index (κ1) is 24.8. The average molecular weight is 451 g/mol. The average Bonchev–Trinajstić information content (AvgIpc) is 2.84. The zero-order chi connectivity index (χ0) is 23.5. The molecule has 0 spiro atoms. The molecule has 2 aromatic carbocycles. The van der Waals surface area contributed by atoms with Crippen LogP contribution in [-0.2, 0) is 27.2 Å². The van der Waals surface area contributed by atoms with Gasteiger partial charge in [-0.05, 0) is 61.8 Å². The standard InChI is InChI=1S/C28H38N2O3/c1-3-10-25(24-11-6-7-12-26(24)30-19-8-5-9-20-30)29-27(31)21-23-15-13-22(14-16-23)17-18-28(32)33-4-2/h6-7,11-16,25H,3-5,8-10,17-21H2,1-2H3,(H,29,31). The Morgan fingerprint density at radius 3 is 2.36 bits per heavy atom. The number of ether oxygens (including phenoxy) is 1. The molecule has 0 bridgehead atoms. The molecule has 1 atom stereocenters. The molecule has 0 saturated carbocycles. The van der Waals surface area contributed by atoms with Crippen LogP contribution in [0.15, 0.2) is 48.5 Å². The Morgan fingerprint density at radius 1 is 0.970 bits per heavy atom. The van der Waals surface area contributed by atoms with Crippen LogP contribution in [0.5, 0.6) is 0 Å². The zero-order valence-corrected chi connectivity index (χ0v) is 20.1. The van der Waals surface area contributed by atoms with Gasteiger partial charge in [0.2, 0.25) is 5.91 Å². The maximum Gasteiger partial charge on any atom is 0.306 e. The van der Waals surface area contributed by atoms with Crippen molar-refractivity contribution in [2.75, 3.05) is 24.6 Å². The summed E-state index contributed by atoms with van der Waals surface area (Å²) in [6.45, 7) is 6.57. The summed E-state index contributed by atoms with van der Waals surface area (Å²) < 4.78 is 4.99. The van der Waals surface area contributed by atoms with Gasteiger partial charge < -0.3 is 15.0 Å². The van der Waals surface area contributed by atoms with Crippen molar-refractivity contribution in [1.82, 2.24) is 5.32 Å². The summed E-state index contributed by atoms with van der Waals surface area (Å²) in [5, 5.41) is 3.30. The second-order valence-corrected chi connectivity index (χ2v) is 8.81. The monoisotopic (exact) mass is 450 g/mol. The van der Waals surface area contributed by atoms with Crippen LogP contribution >= 0.6 is 0 Å². The summed E-state index contributed by atoms with van der Waals surface area (Å²) in [5.41, 5.74) is 4.55. The van der Waals surface area contributed by atoms with E-state index in [0.717, 1.165) is 37.1 Å². The highest BCUT2D eigenvalue weighted by Crippen LogP contribution is 2.31. The van der Waals surface area contributed by atoms with Crippen molar-refractivity contribution in [3.63, 3.8) is 0 Å². The third-order valence-corrected chi connectivity index (χ3v) is 6.23. The second-order valence-electron chi connectivity index (χ2n) is 8.81. The van der Waals surface area contributed by atoms with Gasteiger partial charge in [-0.3, -0.25) is 9.59 Å². The lowest BCUT2D eigenvalue weighted by molar-refractivity contribution is -0.143. The highest BCUT2D eigenvalue weighted by Gasteiger charge is 2.21. The van der Waals surface area contributed by atoms with Crippen molar-refractivity contribution in [3.05, 3.63) is 65.2 Å². The van der Waals surface area contributed by atoms with Gasteiger partial charge in [0, 0.05) is 25.2 Å². The molecule has 1 N–H and O–H groups in total. The first-order valence-electron chi connectivity index (χ1n) is 12.5. The molecule has 0 radical (unpaired) electrons. The van der Waals surface area contributed by atoms with Gasteiger partial charge in [0.15, 0.2) is 0 Å². The van der Waals surface area contributed by atoms with E-state index in [1.807, 2.05) is 31.2 Å². The largest absolute Gasteiger partial charge is 0.466 e. The summed E-state index contributed by atoms with van der Waals surface area (Å²) in [7, 11) is 0. The lowest BCUT2D eigenvalue weighted by atomic mass is 9.97. The van der Waals surface area contributed by atoms with Gasteiger partial charge in [-0.2, -0.15) is 0 Å². The van der Waals surface area contributed by atoms with E-state index in [2.05, 4.69) is 41.4 Å². The minimum atomic E-state index is -0.173. The molecular formula is C28H38N2O3. The van der Waals surface area contributed by atoms with Crippen LogP contribution in [0.2, 0.25) is 0 Å².